The Morgan fingerprint density at radius 2 is 1.83 bits per heavy atom. The molecule has 0 aliphatic carbocycles. The average Bonchev–Trinajstić information content (AvgIpc) is 3.37. The van der Waals surface area contributed by atoms with Crippen LogP contribution in [-0.2, 0) is 0 Å². The van der Waals surface area contributed by atoms with Gasteiger partial charge in [-0.15, -0.1) is 5.10 Å². The lowest BCUT2D eigenvalue weighted by Crippen LogP contribution is -1.99. The van der Waals surface area contributed by atoms with Crippen molar-refractivity contribution in [3.8, 4) is 28.6 Å². The molecule has 3 aromatic heterocycles. The highest BCUT2D eigenvalue weighted by Crippen LogP contribution is 2.31. The summed E-state index contributed by atoms with van der Waals surface area (Å²) < 4.78 is 27.4. The number of nitrogens with zero attached hydrogens (tertiary/aromatic N) is 6. The number of halogens is 1. The lowest BCUT2D eigenvalue weighted by atomic mass is 10.2. The smallest absolute Gasteiger partial charge is 0.182 e. The third-order valence-electron chi connectivity index (χ3n) is 4.60. The molecule has 8 nitrogen and oxygen atoms in total. The molecule has 0 spiro atoms. The number of hydrogen-bond acceptors (Lipinski definition) is 6. The second-order valence-electron chi connectivity index (χ2n) is 6.29. The first-order valence-electron chi connectivity index (χ1n) is 8.75. The zero-order chi connectivity index (χ0) is 20.0. The van der Waals surface area contributed by atoms with E-state index in [2.05, 4.69) is 20.2 Å². The van der Waals surface area contributed by atoms with Crippen LogP contribution in [0, 0.1) is 5.82 Å². The van der Waals surface area contributed by atoms with Crippen molar-refractivity contribution in [2.45, 2.75) is 0 Å². The van der Waals surface area contributed by atoms with E-state index in [4.69, 9.17) is 9.47 Å². The fourth-order valence-electron chi connectivity index (χ4n) is 3.22. The molecule has 9 heteroatoms. The maximum atomic E-state index is 13.6. The highest BCUT2D eigenvalue weighted by Gasteiger charge is 2.16. The Kier molecular flexibility index (Phi) is 3.87. The molecule has 0 amide bonds. The molecular weight excluding hydrogens is 375 g/mol. The van der Waals surface area contributed by atoms with Gasteiger partial charge >= 0.3 is 0 Å². The van der Waals surface area contributed by atoms with Crippen molar-refractivity contribution in [2.75, 3.05) is 14.2 Å². The van der Waals surface area contributed by atoms with Crippen molar-refractivity contribution < 1.29 is 13.9 Å². The van der Waals surface area contributed by atoms with Crippen molar-refractivity contribution in [3.05, 3.63) is 60.8 Å². The Morgan fingerprint density at radius 3 is 2.62 bits per heavy atom. The van der Waals surface area contributed by atoms with E-state index in [0.717, 1.165) is 5.56 Å². The Hall–Kier alpha value is -4.01. The number of methoxy groups -OCH3 is 2. The second-order valence-corrected chi connectivity index (χ2v) is 6.29. The number of rotatable bonds is 4. The van der Waals surface area contributed by atoms with Crippen LogP contribution in [0.15, 0.2) is 55.0 Å². The molecule has 0 saturated carbocycles. The number of ether oxygens (including phenoxy) is 2. The summed E-state index contributed by atoms with van der Waals surface area (Å²) in [5.74, 6) is 1.38. The SMILES string of the molecule is COc1ccc(-c2nc3c4cnn(-c5cccc(F)c5)c4ncn3n2)cc1OC. The van der Waals surface area contributed by atoms with Crippen LogP contribution in [-0.4, -0.2) is 43.6 Å². The van der Waals surface area contributed by atoms with Gasteiger partial charge in [0.25, 0.3) is 0 Å². The van der Waals surface area contributed by atoms with E-state index in [1.54, 1.807) is 54.1 Å². The quantitative estimate of drug-likeness (QED) is 0.469. The second kappa shape index (κ2) is 6.55. The van der Waals surface area contributed by atoms with Crippen LogP contribution in [0.2, 0.25) is 0 Å². The largest absolute Gasteiger partial charge is 0.493 e. The van der Waals surface area contributed by atoms with Gasteiger partial charge in [0.05, 0.1) is 31.5 Å². The van der Waals surface area contributed by atoms with Gasteiger partial charge in [0.2, 0.25) is 0 Å². The zero-order valence-electron chi connectivity index (χ0n) is 15.6. The first-order chi connectivity index (χ1) is 14.2. The van der Waals surface area contributed by atoms with E-state index in [0.29, 0.717) is 39.7 Å². The fraction of sp³-hybridized carbons (Fsp3) is 0.100. The number of aromatic nitrogens is 6. The molecule has 0 unspecified atom stereocenters. The molecule has 0 N–H and O–H groups in total. The van der Waals surface area contributed by atoms with Gasteiger partial charge in [0.1, 0.15) is 12.1 Å². The normalized spacial score (nSPS) is 11.3. The summed E-state index contributed by atoms with van der Waals surface area (Å²) in [6.07, 6.45) is 3.21. The summed E-state index contributed by atoms with van der Waals surface area (Å²) in [6, 6.07) is 11.6. The van der Waals surface area contributed by atoms with Gasteiger partial charge in [-0.05, 0) is 36.4 Å². The van der Waals surface area contributed by atoms with Crippen LogP contribution in [0.5, 0.6) is 11.5 Å². The molecular formula is C20H15FN6O2. The molecule has 3 heterocycles. The van der Waals surface area contributed by atoms with Crippen molar-refractivity contribution in [1.29, 1.82) is 0 Å². The van der Waals surface area contributed by atoms with Gasteiger partial charge in [-0.3, -0.25) is 0 Å². The third kappa shape index (κ3) is 2.75. The minimum absolute atomic E-state index is 0.342. The molecule has 5 rings (SSSR count). The van der Waals surface area contributed by atoms with E-state index < -0.39 is 0 Å². The van der Waals surface area contributed by atoms with E-state index in [-0.39, 0.29) is 5.82 Å². The highest BCUT2D eigenvalue weighted by molar-refractivity contribution is 5.90. The van der Waals surface area contributed by atoms with Crippen molar-refractivity contribution >= 4 is 16.7 Å². The molecule has 0 atom stereocenters. The lowest BCUT2D eigenvalue weighted by Gasteiger charge is -2.07. The average molecular weight is 390 g/mol. The molecule has 0 aliphatic heterocycles. The maximum absolute atomic E-state index is 13.6. The van der Waals surface area contributed by atoms with Crippen LogP contribution < -0.4 is 9.47 Å². The van der Waals surface area contributed by atoms with Crippen molar-refractivity contribution in [3.63, 3.8) is 0 Å². The van der Waals surface area contributed by atoms with Gasteiger partial charge in [0, 0.05) is 5.56 Å². The molecule has 29 heavy (non-hydrogen) atoms. The summed E-state index contributed by atoms with van der Waals surface area (Å²) >= 11 is 0. The molecule has 0 aliphatic rings. The predicted molar refractivity (Wildman–Crippen MR) is 104 cm³/mol. The maximum Gasteiger partial charge on any atom is 0.182 e. The van der Waals surface area contributed by atoms with Gasteiger partial charge in [-0.1, -0.05) is 6.07 Å². The first-order valence-corrected chi connectivity index (χ1v) is 8.75. The third-order valence-corrected chi connectivity index (χ3v) is 4.60. The van der Waals surface area contributed by atoms with Crippen molar-refractivity contribution in [1.82, 2.24) is 29.4 Å². The standard InChI is InChI=1S/C20H15FN6O2/c1-28-16-7-6-12(8-17(16)29-2)18-24-20-15-10-23-27(14-5-3-4-13(21)9-14)19(15)22-11-26(20)25-18/h3-11H,1-2H3. The molecule has 5 aromatic rings. The Bertz CT molecular complexity index is 1360. The number of hydrogen-bond donors (Lipinski definition) is 0. The monoisotopic (exact) mass is 390 g/mol. The van der Waals surface area contributed by atoms with Crippen LogP contribution in [0.4, 0.5) is 4.39 Å². The minimum Gasteiger partial charge on any atom is -0.493 e. The van der Waals surface area contributed by atoms with Crippen LogP contribution >= 0.6 is 0 Å². The summed E-state index contributed by atoms with van der Waals surface area (Å²) in [5.41, 5.74) is 2.52. The van der Waals surface area contributed by atoms with E-state index in [1.165, 1.54) is 12.1 Å². The topological polar surface area (TPSA) is 79.4 Å². The summed E-state index contributed by atoms with van der Waals surface area (Å²) in [4.78, 5) is 9.09. The molecule has 0 saturated heterocycles. The Labute approximate surface area is 164 Å². The van der Waals surface area contributed by atoms with Gasteiger partial charge in [-0.25, -0.2) is 23.6 Å². The zero-order valence-corrected chi connectivity index (χ0v) is 15.6. The minimum atomic E-state index is -0.342. The Morgan fingerprint density at radius 1 is 0.966 bits per heavy atom. The van der Waals surface area contributed by atoms with E-state index >= 15 is 0 Å². The van der Waals surface area contributed by atoms with Crippen LogP contribution in [0.1, 0.15) is 0 Å². The summed E-state index contributed by atoms with van der Waals surface area (Å²) in [7, 11) is 3.16. The molecule has 0 fully saturated rings. The summed E-state index contributed by atoms with van der Waals surface area (Å²) in [5, 5.41) is 9.57. The Balaban J connectivity index is 1.65. The van der Waals surface area contributed by atoms with Gasteiger partial charge < -0.3 is 9.47 Å². The van der Waals surface area contributed by atoms with Crippen molar-refractivity contribution in [2.24, 2.45) is 0 Å². The predicted octanol–water partition coefficient (Wildman–Crippen LogP) is 3.29. The number of benzene rings is 2. The molecule has 2 aromatic carbocycles. The first kappa shape index (κ1) is 17.1. The fourth-order valence-corrected chi connectivity index (χ4v) is 3.22. The van der Waals surface area contributed by atoms with Gasteiger partial charge in [-0.2, -0.15) is 5.10 Å². The highest BCUT2D eigenvalue weighted by atomic mass is 19.1. The van der Waals surface area contributed by atoms with E-state index in [1.807, 2.05) is 12.1 Å². The van der Waals surface area contributed by atoms with Crippen LogP contribution in [0.25, 0.3) is 33.8 Å². The number of fused-ring (bicyclic) bond motifs is 3. The molecule has 144 valence electrons. The molecule has 0 bridgehead atoms. The molecule has 0 radical (unpaired) electrons. The van der Waals surface area contributed by atoms with Crippen LogP contribution in [0.3, 0.4) is 0 Å². The summed E-state index contributed by atoms with van der Waals surface area (Å²) in [6.45, 7) is 0. The van der Waals surface area contributed by atoms with E-state index in [9.17, 15) is 4.39 Å². The lowest BCUT2D eigenvalue weighted by molar-refractivity contribution is 0.355. The van der Waals surface area contributed by atoms with Gasteiger partial charge in [0.15, 0.2) is 28.6 Å².